The molecule has 2 rings (SSSR count). The van der Waals surface area contributed by atoms with Gasteiger partial charge in [0.05, 0.1) is 34.7 Å². The van der Waals surface area contributed by atoms with Crippen LogP contribution < -0.4 is 5.32 Å². The van der Waals surface area contributed by atoms with Crippen LogP contribution in [0.15, 0.2) is 47.4 Å². The fourth-order valence-electron chi connectivity index (χ4n) is 2.03. The van der Waals surface area contributed by atoms with Crippen LogP contribution in [0.5, 0.6) is 0 Å². The largest absolute Gasteiger partial charge is 0.465 e. The third kappa shape index (κ3) is 5.15. The molecule has 138 valence electrons. The quantitative estimate of drug-likeness (QED) is 0.571. The van der Waals surface area contributed by atoms with E-state index in [1.165, 1.54) is 25.3 Å². The molecule has 2 aromatic carbocycles. The molecule has 0 aromatic heterocycles. The van der Waals surface area contributed by atoms with Crippen molar-refractivity contribution in [3.8, 4) is 0 Å². The SMILES string of the molecule is COC(=O)c1ccccc1NC(=O)CSc1ccc(Cl)c(C(F)(F)F)c1. The van der Waals surface area contributed by atoms with Gasteiger partial charge in [-0.3, -0.25) is 4.79 Å². The monoisotopic (exact) mass is 403 g/mol. The summed E-state index contributed by atoms with van der Waals surface area (Å²) in [6.45, 7) is 0. The van der Waals surface area contributed by atoms with Crippen LogP contribution in [0.4, 0.5) is 18.9 Å². The Morgan fingerprint density at radius 3 is 2.54 bits per heavy atom. The van der Waals surface area contributed by atoms with E-state index in [4.69, 9.17) is 11.6 Å². The van der Waals surface area contributed by atoms with E-state index in [9.17, 15) is 22.8 Å². The maximum Gasteiger partial charge on any atom is 0.417 e. The van der Waals surface area contributed by atoms with E-state index in [-0.39, 0.29) is 21.9 Å². The molecule has 0 fully saturated rings. The Kier molecular flexibility index (Phi) is 6.55. The topological polar surface area (TPSA) is 55.4 Å². The van der Waals surface area contributed by atoms with E-state index in [2.05, 4.69) is 10.1 Å². The number of methoxy groups -OCH3 is 1. The lowest BCUT2D eigenvalue weighted by Gasteiger charge is -2.11. The molecule has 0 spiro atoms. The summed E-state index contributed by atoms with van der Waals surface area (Å²) in [7, 11) is 1.22. The third-order valence-electron chi connectivity index (χ3n) is 3.22. The lowest BCUT2D eigenvalue weighted by molar-refractivity contribution is -0.137. The van der Waals surface area contributed by atoms with Gasteiger partial charge in [0.1, 0.15) is 0 Å². The highest BCUT2D eigenvalue weighted by Gasteiger charge is 2.33. The van der Waals surface area contributed by atoms with Gasteiger partial charge in [-0.2, -0.15) is 13.2 Å². The van der Waals surface area contributed by atoms with E-state index < -0.39 is 28.6 Å². The maximum absolute atomic E-state index is 12.9. The van der Waals surface area contributed by atoms with E-state index in [1.807, 2.05) is 0 Å². The molecule has 26 heavy (non-hydrogen) atoms. The Balaban J connectivity index is 2.06. The first-order valence-electron chi connectivity index (χ1n) is 7.19. The molecule has 0 aliphatic heterocycles. The second-order valence-electron chi connectivity index (χ2n) is 5.01. The fourth-order valence-corrected chi connectivity index (χ4v) is 2.99. The predicted molar refractivity (Wildman–Crippen MR) is 93.6 cm³/mol. The Bertz CT molecular complexity index is 827. The highest BCUT2D eigenvalue weighted by Crippen LogP contribution is 2.37. The number of carbonyl (C=O) groups excluding carboxylic acids is 2. The average molecular weight is 404 g/mol. The van der Waals surface area contributed by atoms with Crippen LogP contribution in [0, 0.1) is 0 Å². The number of carbonyl (C=O) groups is 2. The Labute approximate surface area is 156 Å². The Morgan fingerprint density at radius 2 is 1.88 bits per heavy atom. The lowest BCUT2D eigenvalue weighted by Crippen LogP contribution is -2.17. The van der Waals surface area contributed by atoms with Crippen molar-refractivity contribution in [3.63, 3.8) is 0 Å². The molecule has 0 unspecified atom stereocenters. The summed E-state index contributed by atoms with van der Waals surface area (Å²) in [6, 6.07) is 9.69. The molecule has 9 heteroatoms. The molecule has 0 aliphatic rings. The van der Waals surface area contributed by atoms with Gasteiger partial charge in [-0.1, -0.05) is 23.7 Å². The molecule has 1 N–H and O–H groups in total. The van der Waals surface area contributed by atoms with E-state index in [0.29, 0.717) is 0 Å². The standard InChI is InChI=1S/C17H13ClF3NO3S/c1-25-16(24)11-4-2-3-5-14(11)22-15(23)9-26-10-6-7-13(18)12(8-10)17(19,20)21/h2-8H,9H2,1H3,(H,22,23). The summed E-state index contributed by atoms with van der Waals surface area (Å²) >= 11 is 6.48. The Morgan fingerprint density at radius 1 is 1.19 bits per heavy atom. The van der Waals surface area contributed by atoms with Crippen molar-refractivity contribution in [1.29, 1.82) is 0 Å². The molecule has 0 atom stereocenters. The summed E-state index contributed by atoms with van der Waals surface area (Å²) in [6.07, 6.45) is -4.57. The number of para-hydroxylation sites is 1. The van der Waals surface area contributed by atoms with Crippen LogP contribution in [0.2, 0.25) is 5.02 Å². The molecular formula is C17H13ClF3NO3S. The van der Waals surface area contributed by atoms with E-state index in [0.717, 1.165) is 23.9 Å². The van der Waals surface area contributed by atoms with Gasteiger partial charge in [0.15, 0.2) is 0 Å². The summed E-state index contributed by atoms with van der Waals surface area (Å²) in [4.78, 5) is 24.0. The van der Waals surface area contributed by atoms with Gasteiger partial charge in [-0.25, -0.2) is 4.79 Å². The number of amides is 1. The van der Waals surface area contributed by atoms with Crippen LogP contribution in [-0.2, 0) is 15.7 Å². The van der Waals surface area contributed by atoms with Crippen molar-refractivity contribution >= 4 is 40.9 Å². The molecule has 1 amide bonds. The number of hydrogen-bond donors (Lipinski definition) is 1. The second-order valence-corrected chi connectivity index (χ2v) is 6.47. The van der Waals surface area contributed by atoms with Crippen LogP contribution >= 0.6 is 23.4 Å². The smallest absolute Gasteiger partial charge is 0.417 e. The predicted octanol–water partition coefficient (Wildman–Crippen LogP) is 4.88. The van der Waals surface area contributed by atoms with Gasteiger partial charge >= 0.3 is 12.1 Å². The first kappa shape index (κ1) is 20.1. The molecular weight excluding hydrogens is 391 g/mol. The fraction of sp³-hybridized carbons (Fsp3) is 0.176. The van der Waals surface area contributed by atoms with Crippen LogP contribution in [0.3, 0.4) is 0 Å². The number of ether oxygens (including phenoxy) is 1. The zero-order valence-electron chi connectivity index (χ0n) is 13.4. The van der Waals surface area contributed by atoms with E-state index in [1.54, 1.807) is 12.1 Å². The molecule has 0 heterocycles. The van der Waals surface area contributed by atoms with Crippen molar-refractivity contribution in [3.05, 3.63) is 58.6 Å². The van der Waals surface area contributed by atoms with Gasteiger partial charge in [0, 0.05) is 4.90 Å². The minimum absolute atomic E-state index is 0.144. The number of esters is 1. The van der Waals surface area contributed by atoms with Crippen LogP contribution in [-0.4, -0.2) is 24.7 Å². The molecule has 0 saturated heterocycles. The first-order chi connectivity index (χ1) is 12.2. The van der Waals surface area contributed by atoms with Gasteiger partial charge in [0.25, 0.3) is 0 Å². The Hall–Kier alpha value is -2.19. The van der Waals surface area contributed by atoms with Gasteiger partial charge < -0.3 is 10.1 Å². The number of alkyl halides is 3. The maximum atomic E-state index is 12.9. The minimum atomic E-state index is -4.57. The zero-order chi connectivity index (χ0) is 19.3. The molecule has 0 radical (unpaired) electrons. The van der Waals surface area contributed by atoms with Gasteiger partial charge in [-0.05, 0) is 30.3 Å². The minimum Gasteiger partial charge on any atom is -0.465 e. The first-order valence-corrected chi connectivity index (χ1v) is 8.55. The highest BCUT2D eigenvalue weighted by molar-refractivity contribution is 8.00. The number of thioether (sulfide) groups is 1. The highest BCUT2D eigenvalue weighted by atomic mass is 35.5. The van der Waals surface area contributed by atoms with Crippen LogP contribution in [0.25, 0.3) is 0 Å². The third-order valence-corrected chi connectivity index (χ3v) is 4.54. The number of benzene rings is 2. The molecule has 0 aliphatic carbocycles. The molecule has 4 nitrogen and oxygen atoms in total. The van der Waals surface area contributed by atoms with Gasteiger partial charge in [0.2, 0.25) is 5.91 Å². The number of hydrogen-bond acceptors (Lipinski definition) is 4. The number of nitrogens with one attached hydrogen (secondary N) is 1. The van der Waals surface area contributed by atoms with Crippen molar-refractivity contribution in [2.24, 2.45) is 0 Å². The van der Waals surface area contributed by atoms with Crippen molar-refractivity contribution < 1.29 is 27.5 Å². The summed E-state index contributed by atoms with van der Waals surface area (Å²) < 4.78 is 43.2. The van der Waals surface area contributed by atoms with Crippen molar-refractivity contribution in [2.45, 2.75) is 11.1 Å². The average Bonchev–Trinajstić information content (AvgIpc) is 2.60. The van der Waals surface area contributed by atoms with Crippen LogP contribution in [0.1, 0.15) is 15.9 Å². The van der Waals surface area contributed by atoms with E-state index >= 15 is 0 Å². The van der Waals surface area contributed by atoms with Gasteiger partial charge in [-0.15, -0.1) is 11.8 Å². The second kappa shape index (κ2) is 8.46. The molecule has 2 aromatic rings. The normalized spacial score (nSPS) is 11.1. The summed E-state index contributed by atoms with van der Waals surface area (Å²) in [5, 5.41) is 2.14. The number of halogens is 4. The van der Waals surface area contributed by atoms with Crippen molar-refractivity contribution in [1.82, 2.24) is 0 Å². The number of rotatable bonds is 5. The number of anilines is 1. The zero-order valence-corrected chi connectivity index (χ0v) is 15.0. The van der Waals surface area contributed by atoms with Crippen molar-refractivity contribution in [2.75, 3.05) is 18.2 Å². The molecule has 0 bridgehead atoms. The summed E-state index contributed by atoms with van der Waals surface area (Å²) in [5.74, 6) is -1.23. The molecule has 0 saturated carbocycles. The lowest BCUT2D eigenvalue weighted by atomic mass is 10.2. The summed E-state index contributed by atoms with van der Waals surface area (Å²) in [5.41, 5.74) is -0.517.